The number of hydrogen-bond acceptors (Lipinski definition) is 14. The second-order valence-corrected chi connectivity index (χ2v) is 11.8. The quantitative estimate of drug-likeness (QED) is 0.119. The highest BCUT2D eigenvalue weighted by Gasteiger charge is 2.47. The summed E-state index contributed by atoms with van der Waals surface area (Å²) in [5.74, 6) is 1.51. The average Bonchev–Trinajstić information content (AvgIpc) is 3.88. The van der Waals surface area contributed by atoms with E-state index < -0.39 is 24.5 Å². The summed E-state index contributed by atoms with van der Waals surface area (Å²) in [7, 11) is 0. The molecule has 2 saturated heterocycles. The minimum Gasteiger partial charge on any atom is -0.483 e. The summed E-state index contributed by atoms with van der Waals surface area (Å²) in [4.78, 5) is 25.0. The summed E-state index contributed by atoms with van der Waals surface area (Å²) in [6.07, 6.45) is -2.55. The van der Waals surface area contributed by atoms with E-state index in [0.717, 1.165) is 32.8 Å². The van der Waals surface area contributed by atoms with Crippen LogP contribution in [-0.2, 0) is 20.7 Å². The largest absolute Gasteiger partial charge is 0.483 e. The number of aliphatic hydroxyl groups is 2. The summed E-state index contributed by atoms with van der Waals surface area (Å²) < 4.78 is 18.9. The van der Waals surface area contributed by atoms with Gasteiger partial charge < -0.3 is 39.8 Å². The van der Waals surface area contributed by atoms with Gasteiger partial charge in [0, 0.05) is 45.1 Å². The monoisotopic (exact) mass is 687 g/mol. The highest BCUT2D eigenvalue weighted by Crippen LogP contribution is 2.40. The average molecular weight is 688 g/mol. The second kappa shape index (κ2) is 16.6. The van der Waals surface area contributed by atoms with Crippen LogP contribution in [0.25, 0.3) is 11.2 Å². The number of aryl methyl sites for hydroxylation is 1. The van der Waals surface area contributed by atoms with Crippen LogP contribution in [0.2, 0.25) is 0 Å². The van der Waals surface area contributed by atoms with Crippen molar-refractivity contribution in [2.24, 2.45) is 0 Å². The van der Waals surface area contributed by atoms with Crippen molar-refractivity contribution in [2.75, 3.05) is 56.6 Å². The molecule has 5 heterocycles. The Morgan fingerprint density at radius 3 is 2.28 bits per heavy atom. The first-order valence-electron chi connectivity index (χ1n) is 16.5. The lowest BCUT2D eigenvalue weighted by Gasteiger charge is -2.26. The zero-order valence-electron chi connectivity index (χ0n) is 27.6. The van der Waals surface area contributed by atoms with Gasteiger partial charge in [-0.05, 0) is 11.1 Å². The number of anilines is 2. The van der Waals surface area contributed by atoms with Gasteiger partial charge in [-0.3, -0.25) is 14.3 Å². The molecule has 0 unspecified atom stereocenters. The lowest BCUT2D eigenvalue weighted by Crippen LogP contribution is -2.39. The fraction of sp³-hybridized carbons (Fsp3) is 0.412. The summed E-state index contributed by atoms with van der Waals surface area (Å²) >= 11 is 0. The highest BCUT2D eigenvalue weighted by atomic mass is 16.6. The number of aliphatic hydroxyl groups excluding tert-OH is 2. The molecule has 2 fully saturated rings. The number of nitrogens with one attached hydrogen (secondary N) is 2. The van der Waals surface area contributed by atoms with Crippen LogP contribution in [0.3, 0.4) is 0 Å². The van der Waals surface area contributed by atoms with E-state index in [1.54, 1.807) is 10.9 Å². The van der Waals surface area contributed by atoms with E-state index in [4.69, 9.17) is 33.8 Å². The molecular weight excluding hydrogens is 646 g/mol. The Hall–Kier alpha value is -5.00. The van der Waals surface area contributed by atoms with Crippen LogP contribution in [0.15, 0.2) is 71.4 Å². The predicted octanol–water partition coefficient (Wildman–Crippen LogP) is 2.45. The van der Waals surface area contributed by atoms with E-state index in [2.05, 4.69) is 55.0 Å². The topological polar surface area (TPSA) is 206 Å². The summed E-state index contributed by atoms with van der Waals surface area (Å²) in [5, 5.41) is 43.9. The number of imidazole rings is 1. The number of fused-ring (bicyclic) bond motifs is 1. The lowest BCUT2D eigenvalue weighted by molar-refractivity contribution is -0.122. The van der Waals surface area contributed by atoms with Crippen molar-refractivity contribution < 1.29 is 34.0 Å². The van der Waals surface area contributed by atoms with Gasteiger partial charge in [0.05, 0.1) is 19.5 Å². The summed E-state index contributed by atoms with van der Waals surface area (Å²) in [5.41, 5.74) is 3.27. The molecule has 3 aromatic heterocycles. The van der Waals surface area contributed by atoms with E-state index in [1.165, 1.54) is 11.1 Å². The zero-order chi connectivity index (χ0) is 34.9. The Kier molecular flexibility index (Phi) is 11.6. The SMILES string of the molecule is CCc1nnc([C@H]2O[C@@H](n3cnc4c(NCC(c5ccccc5)c5ccccc5)nc(NCCN5CCOCC5)nc43)[C@H](O)[C@@H]2O)o1.O=CO. The third kappa shape index (κ3) is 7.90. The molecule has 5 N–H and O–H groups in total. The number of nitrogens with zero attached hydrogens (tertiary/aromatic N) is 7. The van der Waals surface area contributed by atoms with Crippen molar-refractivity contribution in [2.45, 2.75) is 43.8 Å². The molecule has 2 aliphatic heterocycles. The molecule has 264 valence electrons. The third-order valence-corrected chi connectivity index (χ3v) is 8.65. The Morgan fingerprint density at radius 1 is 0.960 bits per heavy atom. The van der Waals surface area contributed by atoms with E-state index in [1.807, 2.05) is 43.3 Å². The van der Waals surface area contributed by atoms with Crippen LogP contribution < -0.4 is 10.6 Å². The number of benzene rings is 2. The number of carboxylic acid groups (broad SMARTS) is 1. The molecular formula is C34H41N9O7. The minimum atomic E-state index is -1.31. The van der Waals surface area contributed by atoms with Crippen LogP contribution in [0, 0.1) is 0 Å². The summed E-state index contributed by atoms with van der Waals surface area (Å²) in [6.45, 7) is 6.80. The van der Waals surface area contributed by atoms with E-state index in [9.17, 15) is 10.2 Å². The Morgan fingerprint density at radius 2 is 1.64 bits per heavy atom. The number of hydrogen-bond donors (Lipinski definition) is 5. The van der Waals surface area contributed by atoms with Crippen LogP contribution in [0.4, 0.5) is 11.8 Å². The molecule has 0 saturated carbocycles. The van der Waals surface area contributed by atoms with E-state index in [-0.39, 0.29) is 18.3 Å². The third-order valence-electron chi connectivity index (χ3n) is 8.65. The molecule has 50 heavy (non-hydrogen) atoms. The van der Waals surface area contributed by atoms with Crippen molar-refractivity contribution >= 4 is 29.4 Å². The van der Waals surface area contributed by atoms with Gasteiger partial charge in [0.25, 0.3) is 6.47 Å². The van der Waals surface area contributed by atoms with Crippen LogP contribution in [0.1, 0.15) is 48.1 Å². The summed E-state index contributed by atoms with van der Waals surface area (Å²) in [6, 6.07) is 20.7. The molecule has 16 nitrogen and oxygen atoms in total. The zero-order valence-corrected chi connectivity index (χ0v) is 27.6. The molecule has 0 amide bonds. The fourth-order valence-corrected chi connectivity index (χ4v) is 6.07. The molecule has 0 aliphatic carbocycles. The maximum Gasteiger partial charge on any atom is 0.290 e. The van der Waals surface area contributed by atoms with Gasteiger partial charge in [-0.25, -0.2) is 4.98 Å². The van der Waals surface area contributed by atoms with Gasteiger partial charge in [-0.1, -0.05) is 67.6 Å². The Balaban J connectivity index is 0.00000139. The van der Waals surface area contributed by atoms with Gasteiger partial charge in [0.2, 0.25) is 17.7 Å². The van der Waals surface area contributed by atoms with Gasteiger partial charge in [0.15, 0.2) is 29.3 Å². The van der Waals surface area contributed by atoms with E-state index in [0.29, 0.717) is 48.3 Å². The Labute approximate surface area is 288 Å². The maximum atomic E-state index is 11.1. The molecule has 0 spiro atoms. The number of carbonyl (C=O) groups is 1. The first-order valence-corrected chi connectivity index (χ1v) is 16.5. The number of rotatable bonds is 12. The van der Waals surface area contributed by atoms with Crippen molar-refractivity contribution in [3.63, 3.8) is 0 Å². The van der Waals surface area contributed by atoms with Crippen molar-refractivity contribution in [1.82, 2.24) is 34.6 Å². The van der Waals surface area contributed by atoms with Gasteiger partial charge in [-0.2, -0.15) is 9.97 Å². The number of ether oxygens (including phenoxy) is 2. The molecule has 2 aliphatic rings. The van der Waals surface area contributed by atoms with Crippen molar-refractivity contribution in [3.8, 4) is 0 Å². The molecule has 7 rings (SSSR count). The molecule has 4 atom stereocenters. The second-order valence-electron chi connectivity index (χ2n) is 11.8. The first-order chi connectivity index (χ1) is 24.5. The predicted molar refractivity (Wildman–Crippen MR) is 182 cm³/mol. The fourth-order valence-electron chi connectivity index (χ4n) is 6.07. The normalized spacial score (nSPS) is 20.8. The van der Waals surface area contributed by atoms with Crippen LogP contribution in [-0.4, -0.2) is 115 Å². The standard InChI is InChI=1S/C33H39N9O5.CH2O2/c1-2-24-39-40-31(46-24)28-26(43)27(44)32(47-28)42-20-36-25-29(37-33(38-30(25)42)34-13-14-41-15-17-45-18-16-41)35-19-23(21-9-5-3-6-10-21)22-11-7-4-8-12-22;2-1-3/h3-12,20,23,26-28,32,43-44H,2,13-19H2,1H3,(H2,34,35,37,38);1H,(H,2,3)/t26-,27+,28-,32+;/m0./s1. The molecule has 0 radical (unpaired) electrons. The Bertz CT molecular complexity index is 1760. The molecule has 0 bridgehead atoms. The van der Waals surface area contributed by atoms with Crippen molar-refractivity contribution in [1.29, 1.82) is 0 Å². The maximum absolute atomic E-state index is 11.1. The molecule has 5 aromatic rings. The minimum absolute atomic E-state index is 0.0422. The highest BCUT2D eigenvalue weighted by molar-refractivity contribution is 5.84. The molecule has 2 aromatic carbocycles. The first kappa shape index (κ1) is 34.8. The molecule has 16 heteroatoms. The van der Waals surface area contributed by atoms with Gasteiger partial charge in [0.1, 0.15) is 12.2 Å². The van der Waals surface area contributed by atoms with Gasteiger partial charge >= 0.3 is 0 Å². The number of aromatic nitrogens is 6. The van der Waals surface area contributed by atoms with Crippen molar-refractivity contribution in [3.05, 3.63) is 89.9 Å². The lowest BCUT2D eigenvalue weighted by atomic mass is 9.91. The van der Waals surface area contributed by atoms with E-state index >= 15 is 0 Å². The number of morpholine rings is 1. The smallest absolute Gasteiger partial charge is 0.290 e. The van der Waals surface area contributed by atoms with Crippen LogP contribution >= 0.6 is 0 Å². The van der Waals surface area contributed by atoms with Gasteiger partial charge in [-0.15, -0.1) is 10.2 Å². The van der Waals surface area contributed by atoms with Crippen LogP contribution in [0.5, 0.6) is 0 Å².